The van der Waals surface area contributed by atoms with Crippen molar-refractivity contribution in [2.75, 3.05) is 0 Å². The summed E-state index contributed by atoms with van der Waals surface area (Å²) in [5.41, 5.74) is 2.48. The van der Waals surface area contributed by atoms with Crippen LogP contribution in [-0.4, -0.2) is 11.3 Å². The summed E-state index contributed by atoms with van der Waals surface area (Å²) in [5, 5.41) is 3.60. The smallest absolute Gasteiger partial charge is 0.150 e. The van der Waals surface area contributed by atoms with Crippen LogP contribution in [0.2, 0.25) is 5.02 Å². The van der Waals surface area contributed by atoms with Gasteiger partial charge in [0.25, 0.3) is 0 Å². The molecule has 0 aliphatic rings. The summed E-state index contributed by atoms with van der Waals surface area (Å²) in [6.45, 7) is 0.367. The number of halogens is 1. The van der Waals surface area contributed by atoms with Crippen molar-refractivity contribution < 1.29 is 9.53 Å². The van der Waals surface area contributed by atoms with E-state index in [9.17, 15) is 4.79 Å². The summed E-state index contributed by atoms with van der Waals surface area (Å²) in [6, 6.07) is 14.6. The van der Waals surface area contributed by atoms with E-state index in [1.807, 2.05) is 35.7 Å². The van der Waals surface area contributed by atoms with Gasteiger partial charge in [0.2, 0.25) is 0 Å². The molecule has 0 bridgehead atoms. The number of rotatable bonds is 5. The number of carbonyl (C=O) groups excluding carboxylic acids is 1. The van der Waals surface area contributed by atoms with Crippen molar-refractivity contribution >= 4 is 29.2 Å². The SMILES string of the molecule is O=Cc1cccc(OCc2csc(-c3ccc(Cl)cc3)n2)c1. The fourth-order valence-electron chi connectivity index (χ4n) is 1.93. The van der Waals surface area contributed by atoms with Crippen molar-refractivity contribution in [1.29, 1.82) is 0 Å². The van der Waals surface area contributed by atoms with Crippen LogP contribution >= 0.6 is 22.9 Å². The molecule has 0 fully saturated rings. The highest BCUT2D eigenvalue weighted by Gasteiger charge is 2.06. The first-order chi connectivity index (χ1) is 10.7. The van der Waals surface area contributed by atoms with Crippen molar-refractivity contribution in [3.05, 3.63) is 70.2 Å². The Morgan fingerprint density at radius 2 is 2.00 bits per heavy atom. The van der Waals surface area contributed by atoms with Crippen molar-refractivity contribution in [3.8, 4) is 16.3 Å². The van der Waals surface area contributed by atoms with Crippen LogP contribution in [0.1, 0.15) is 16.1 Å². The van der Waals surface area contributed by atoms with Gasteiger partial charge in [-0.25, -0.2) is 4.98 Å². The van der Waals surface area contributed by atoms with Gasteiger partial charge in [0.15, 0.2) is 0 Å². The number of ether oxygens (including phenoxy) is 1. The van der Waals surface area contributed by atoms with Gasteiger partial charge in [0.1, 0.15) is 23.7 Å². The van der Waals surface area contributed by atoms with Crippen molar-refractivity contribution in [2.24, 2.45) is 0 Å². The third-order valence-corrected chi connectivity index (χ3v) is 4.22. The summed E-state index contributed by atoms with van der Waals surface area (Å²) in [4.78, 5) is 15.3. The molecule has 3 nitrogen and oxygen atoms in total. The Bertz CT molecular complexity index is 783. The maximum Gasteiger partial charge on any atom is 0.150 e. The van der Waals surface area contributed by atoms with Crippen LogP contribution < -0.4 is 4.74 Å². The second-order valence-corrected chi connectivity index (χ2v) is 5.92. The molecule has 3 rings (SSSR count). The minimum atomic E-state index is 0.367. The molecule has 110 valence electrons. The summed E-state index contributed by atoms with van der Waals surface area (Å²) < 4.78 is 5.67. The van der Waals surface area contributed by atoms with Crippen LogP contribution in [0.3, 0.4) is 0 Å². The van der Waals surface area contributed by atoms with Crippen LogP contribution in [0.25, 0.3) is 10.6 Å². The van der Waals surface area contributed by atoms with E-state index in [4.69, 9.17) is 16.3 Å². The van der Waals surface area contributed by atoms with Gasteiger partial charge in [-0.15, -0.1) is 11.3 Å². The molecule has 0 spiro atoms. The van der Waals surface area contributed by atoms with Crippen LogP contribution in [0, 0.1) is 0 Å². The van der Waals surface area contributed by atoms with E-state index in [1.54, 1.807) is 29.5 Å². The van der Waals surface area contributed by atoms with Gasteiger partial charge >= 0.3 is 0 Å². The number of thiazole rings is 1. The molecule has 3 aromatic rings. The predicted octanol–water partition coefficient (Wildman–Crippen LogP) is 4.86. The van der Waals surface area contributed by atoms with E-state index in [1.165, 1.54) is 0 Å². The molecular weight excluding hydrogens is 318 g/mol. The molecule has 1 aromatic heterocycles. The van der Waals surface area contributed by atoms with Crippen LogP contribution in [-0.2, 0) is 6.61 Å². The molecule has 5 heteroatoms. The molecule has 2 aromatic carbocycles. The first kappa shape index (κ1) is 14.8. The Labute approximate surface area is 137 Å². The highest BCUT2D eigenvalue weighted by atomic mass is 35.5. The second-order valence-electron chi connectivity index (χ2n) is 4.63. The van der Waals surface area contributed by atoms with Crippen LogP contribution in [0.15, 0.2) is 53.9 Å². The van der Waals surface area contributed by atoms with Crippen molar-refractivity contribution in [1.82, 2.24) is 4.98 Å². The van der Waals surface area contributed by atoms with Gasteiger partial charge in [0, 0.05) is 21.5 Å². The molecule has 0 aliphatic carbocycles. The van der Waals surface area contributed by atoms with E-state index >= 15 is 0 Å². The van der Waals surface area contributed by atoms with Crippen molar-refractivity contribution in [2.45, 2.75) is 6.61 Å². The zero-order valence-corrected chi connectivity index (χ0v) is 13.1. The first-order valence-electron chi connectivity index (χ1n) is 6.63. The van der Waals surface area contributed by atoms with E-state index in [0.717, 1.165) is 22.6 Å². The average Bonchev–Trinajstić information content (AvgIpc) is 3.03. The maximum atomic E-state index is 10.7. The average molecular weight is 330 g/mol. The highest BCUT2D eigenvalue weighted by molar-refractivity contribution is 7.13. The predicted molar refractivity (Wildman–Crippen MR) is 88.7 cm³/mol. The van der Waals surface area contributed by atoms with Gasteiger partial charge in [0.05, 0.1) is 5.69 Å². The minimum Gasteiger partial charge on any atom is -0.487 e. The Kier molecular flexibility index (Phi) is 4.51. The molecule has 0 amide bonds. The number of carbonyl (C=O) groups is 1. The van der Waals surface area contributed by atoms with Gasteiger partial charge in [-0.2, -0.15) is 0 Å². The monoisotopic (exact) mass is 329 g/mol. The number of benzene rings is 2. The number of aldehydes is 1. The Hall–Kier alpha value is -2.17. The minimum absolute atomic E-state index is 0.367. The molecule has 0 N–H and O–H groups in total. The van der Waals surface area contributed by atoms with Gasteiger partial charge in [-0.1, -0.05) is 35.9 Å². The quantitative estimate of drug-likeness (QED) is 0.628. The lowest BCUT2D eigenvalue weighted by molar-refractivity contribution is 0.112. The number of nitrogens with zero attached hydrogens (tertiary/aromatic N) is 1. The van der Waals surface area contributed by atoms with Crippen LogP contribution in [0.4, 0.5) is 0 Å². The normalized spacial score (nSPS) is 10.4. The second kappa shape index (κ2) is 6.73. The summed E-state index contributed by atoms with van der Waals surface area (Å²) in [5.74, 6) is 0.658. The third-order valence-electron chi connectivity index (χ3n) is 3.02. The first-order valence-corrected chi connectivity index (χ1v) is 7.89. The molecule has 0 atom stereocenters. The molecular formula is C17H12ClNO2S. The maximum absolute atomic E-state index is 10.7. The molecule has 0 saturated heterocycles. The Balaban J connectivity index is 1.69. The molecule has 0 saturated carbocycles. The summed E-state index contributed by atoms with van der Waals surface area (Å²) in [7, 11) is 0. The topological polar surface area (TPSA) is 39.2 Å². The highest BCUT2D eigenvalue weighted by Crippen LogP contribution is 2.25. The standard InChI is InChI=1S/C17H12ClNO2S/c18-14-6-4-13(5-7-14)17-19-15(11-22-17)10-21-16-3-1-2-12(8-16)9-20/h1-9,11H,10H2. The zero-order chi connectivity index (χ0) is 15.4. The van der Waals surface area contributed by atoms with Gasteiger partial charge < -0.3 is 4.74 Å². The number of hydrogen-bond donors (Lipinski definition) is 0. The largest absolute Gasteiger partial charge is 0.487 e. The number of aromatic nitrogens is 1. The van der Waals surface area contributed by atoms with E-state index in [-0.39, 0.29) is 0 Å². The van der Waals surface area contributed by atoms with Crippen molar-refractivity contribution in [3.63, 3.8) is 0 Å². The molecule has 22 heavy (non-hydrogen) atoms. The van der Waals surface area contributed by atoms with E-state index < -0.39 is 0 Å². The van der Waals surface area contributed by atoms with Crippen LogP contribution in [0.5, 0.6) is 5.75 Å². The van der Waals surface area contributed by atoms with E-state index in [0.29, 0.717) is 22.9 Å². The molecule has 0 radical (unpaired) electrons. The molecule has 1 heterocycles. The fraction of sp³-hybridized carbons (Fsp3) is 0.0588. The van der Waals surface area contributed by atoms with E-state index in [2.05, 4.69) is 4.98 Å². The summed E-state index contributed by atoms with van der Waals surface area (Å²) in [6.07, 6.45) is 0.800. The third kappa shape index (κ3) is 3.53. The lowest BCUT2D eigenvalue weighted by Gasteiger charge is -2.04. The van der Waals surface area contributed by atoms with Gasteiger partial charge in [-0.05, 0) is 24.3 Å². The fourth-order valence-corrected chi connectivity index (χ4v) is 2.87. The lowest BCUT2D eigenvalue weighted by Crippen LogP contribution is -1.96. The van der Waals surface area contributed by atoms with Gasteiger partial charge in [-0.3, -0.25) is 4.79 Å². The molecule has 0 aliphatic heterocycles. The Morgan fingerprint density at radius 1 is 1.18 bits per heavy atom. The molecule has 0 unspecified atom stereocenters. The lowest BCUT2D eigenvalue weighted by atomic mass is 10.2. The number of hydrogen-bond acceptors (Lipinski definition) is 4. The Morgan fingerprint density at radius 3 is 2.77 bits per heavy atom. The zero-order valence-electron chi connectivity index (χ0n) is 11.5. The summed E-state index contributed by atoms with van der Waals surface area (Å²) >= 11 is 7.45.